The summed E-state index contributed by atoms with van der Waals surface area (Å²) in [4.78, 5) is 11.9. The van der Waals surface area contributed by atoms with Crippen molar-refractivity contribution in [2.75, 3.05) is 25.5 Å². The quantitative estimate of drug-likeness (QED) is 0.801. The van der Waals surface area contributed by atoms with E-state index in [2.05, 4.69) is 16.0 Å². The molecule has 2 atom stereocenters. The Bertz CT molecular complexity index is 450. The van der Waals surface area contributed by atoms with Crippen LogP contribution in [0, 0.1) is 0 Å². The maximum absolute atomic E-state index is 11.9. The van der Waals surface area contributed by atoms with Crippen LogP contribution < -0.4 is 16.0 Å². The van der Waals surface area contributed by atoms with E-state index in [-0.39, 0.29) is 18.2 Å². The van der Waals surface area contributed by atoms with Crippen molar-refractivity contribution in [1.82, 2.24) is 10.6 Å². The average Bonchev–Trinajstić information content (AvgIpc) is 2.74. The van der Waals surface area contributed by atoms with Crippen LogP contribution in [0.25, 0.3) is 0 Å². The van der Waals surface area contributed by atoms with Gasteiger partial charge in [-0.2, -0.15) is 0 Å². The number of carbonyl (C=O) groups excluding carboxylic acids is 1. The fourth-order valence-electron chi connectivity index (χ4n) is 2.01. The van der Waals surface area contributed by atoms with Crippen molar-refractivity contribution in [3.8, 4) is 0 Å². The van der Waals surface area contributed by atoms with Crippen LogP contribution in [-0.2, 0) is 4.74 Å². The van der Waals surface area contributed by atoms with Crippen molar-refractivity contribution >= 4 is 34.9 Å². The van der Waals surface area contributed by atoms with E-state index in [4.69, 9.17) is 27.9 Å². The van der Waals surface area contributed by atoms with E-state index in [9.17, 15) is 4.79 Å². The molecule has 5 nitrogen and oxygen atoms in total. The molecule has 1 aromatic rings. The van der Waals surface area contributed by atoms with E-state index >= 15 is 0 Å². The van der Waals surface area contributed by atoms with Gasteiger partial charge in [0.1, 0.15) is 0 Å². The van der Waals surface area contributed by atoms with E-state index in [1.54, 1.807) is 25.3 Å². The summed E-state index contributed by atoms with van der Waals surface area (Å²) in [6, 6.07) is 4.50. The Morgan fingerprint density at radius 2 is 2.00 bits per heavy atom. The van der Waals surface area contributed by atoms with Crippen molar-refractivity contribution in [3.05, 3.63) is 28.2 Å². The number of urea groups is 1. The Labute approximate surface area is 121 Å². The topological polar surface area (TPSA) is 62.4 Å². The molecule has 0 spiro atoms. The standard InChI is InChI=1S/C12H15Cl2N3O2/c1-19-11-6-15-5-10(11)17-12(18)16-9-3-7(13)2-8(14)4-9/h2-4,10-11,15H,5-6H2,1H3,(H2,16,17,18)/t10?,11-/m0/s1. The molecular weight excluding hydrogens is 289 g/mol. The van der Waals surface area contributed by atoms with Gasteiger partial charge in [-0.15, -0.1) is 0 Å². The smallest absolute Gasteiger partial charge is 0.319 e. The molecule has 104 valence electrons. The highest BCUT2D eigenvalue weighted by atomic mass is 35.5. The molecule has 1 unspecified atom stereocenters. The summed E-state index contributed by atoms with van der Waals surface area (Å²) in [5, 5.41) is 9.63. The van der Waals surface area contributed by atoms with Gasteiger partial charge in [0.05, 0.1) is 12.1 Å². The van der Waals surface area contributed by atoms with Crippen molar-refractivity contribution < 1.29 is 9.53 Å². The third-order valence-corrected chi connectivity index (χ3v) is 3.33. The number of anilines is 1. The van der Waals surface area contributed by atoms with Crippen LogP contribution in [0.2, 0.25) is 10.0 Å². The molecule has 1 heterocycles. The number of methoxy groups -OCH3 is 1. The molecule has 7 heteroatoms. The number of carbonyl (C=O) groups is 1. The van der Waals surface area contributed by atoms with Gasteiger partial charge >= 0.3 is 6.03 Å². The van der Waals surface area contributed by atoms with Crippen LogP contribution in [0.15, 0.2) is 18.2 Å². The predicted octanol–water partition coefficient (Wildman–Crippen LogP) is 2.10. The number of hydrogen-bond acceptors (Lipinski definition) is 3. The third kappa shape index (κ3) is 3.98. The summed E-state index contributed by atoms with van der Waals surface area (Å²) in [7, 11) is 1.63. The van der Waals surface area contributed by atoms with Crippen molar-refractivity contribution in [2.45, 2.75) is 12.1 Å². The maximum Gasteiger partial charge on any atom is 0.319 e. The van der Waals surface area contributed by atoms with Gasteiger partial charge in [-0.25, -0.2) is 4.79 Å². The molecule has 1 saturated heterocycles. The minimum absolute atomic E-state index is 0.0197. The van der Waals surface area contributed by atoms with E-state index in [1.165, 1.54) is 0 Å². The number of ether oxygens (including phenoxy) is 1. The number of benzene rings is 1. The molecule has 0 aromatic heterocycles. The van der Waals surface area contributed by atoms with Gasteiger partial charge in [0.25, 0.3) is 0 Å². The zero-order valence-electron chi connectivity index (χ0n) is 10.4. The molecule has 0 saturated carbocycles. The fourth-order valence-corrected chi connectivity index (χ4v) is 2.53. The van der Waals surface area contributed by atoms with E-state index < -0.39 is 0 Å². The summed E-state index contributed by atoms with van der Waals surface area (Å²) in [6.07, 6.45) is -0.0197. The first-order valence-electron chi connectivity index (χ1n) is 5.85. The summed E-state index contributed by atoms with van der Waals surface area (Å²) >= 11 is 11.7. The maximum atomic E-state index is 11.9. The molecule has 19 heavy (non-hydrogen) atoms. The van der Waals surface area contributed by atoms with Gasteiger partial charge in [-0.1, -0.05) is 23.2 Å². The first-order chi connectivity index (χ1) is 9.08. The number of halogens is 2. The number of amides is 2. The molecule has 3 N–H and O–H groups in total. The van der Waals surface area contributed by atoms with Crippen LogP contribution in [0.3, 0.4) is 0 Å². The van der Waals surface area contributed by atoms with Crippen LogP contribution in [0.5, 0.6) is 0 Å². The predicted molar refractivity (Wildman–Crippen MR) is 76.1 cm³/mol. The van der Waals surface area contributed by atoms with Crippen LogP contribution in [0.4, 0.5) is 10.5 Å². The number of nitrogens with one attached hydrogen (secondary N) is 3. The van der Waals surface area contributed by atoms with Crippen molar-refractivity contribution in [3.63, 3.8) is 0 Å². The molecule has 2 rings (SSSR count). The number of hydrogen-bond donors (Lipinski definition) is 3. The van der Waals surface area contributed by atoms with Gasteiger partial charge in [0, 0.05) is 35.9 Å². The Morgan fingerprint density at radius 1 is 1.32 bits per heavy atom. The van der Waals surface area contributed by atoms with Gasteiger partial charge in [-0.05, 0) is 18.2 Å². The highest BCUT2D eigenvalue weighted by Crippen LogP contribution is 2.22. The first kappa shape index (κ1) is 14.4. The van der Waals surface area contributed by atoms with Crippen molar-refractivity contribution in [2.24, 2.45) is 0 Å². The second-order valence-corrected chi connectivity index (χ2v) is 5.17. The Balaban J connectivity index is 1.93. The summed E-state index contributed by atoms with van der Waals surface area (Å²) in [6.45, 7) is 1.41. The van der Waals surface area contributed by atoms with Gasteiger partial charge in [0.15, 0.2) is 0 Å². The zero-order valence-corrected chi connectivity index (χ0v) is 11.9. The highest BCUT2D eigenvalue weighted by molar-refractivity contribution is 6.35. The molecule has 0 aliphatic carbocycles. The van der Waals surface area contributed by atoms with Crippen molar-refractivity contribution in [1.29, 1.82) is 0 Å². The molecule has 1 fully saturated rings. The summed E-state index contributed by atoms with van der Waals surface area (Å²) < 4.78 is 5.27. The van der Waals surface area contributed by atoms with Crippen LogP contribution >= 0.6 is 23.2 Å². The Kier molecular flexibility index (Phi) is 4.87. The molecule has 1 aromatic carbocycles. The zero-order chi connectivity index (χ0) is 13.8. The summed E-state index contributed by atoms with van der Waals surface area (Å²) in [5.74, 6) is 0. The van der Waals surface area contributed by atoms with Crippen LogP contribution in [-0.4, -0.2) is 38.4 Å². The lowest BCUT2D eigenvalue weighted by Crippen LogP contribution is -2.45. The Morgan fingerprint density at radius 3 is 2.63 bits per heavy atom. The normalized spacial score (nSPS) is 22.3. The molecule has 0 radical (unpaired) electrons. The lowest BCUT2D eigenvalue weighted by Gasteiger charge is -2.19. The van der Waals surface area contributed by atoms with Crippen LogP contribution in [0.1, 0.15) is 0 Å². The molecule has 0 bridgehead atoms. The molecule has 1 aliphatic heterocycles. The molecule has 1 aliphatic rings. The average molecular weight is 304 g/mol. The van der Waals surface area contributed by atoms with E-state index in [1.807, 2.05) is 0 Å². The highest BCUT2D eigenvalue weighted by Gasteiger charge is 2.28. The molecular formula is C12H15Cl2N3O2. The fraction of sp³-hybridized carbons (Fsp3) is 0.417. The largest absolute Gasteiger partial charge is 0.378 e. The lowest BCUT2D eigenvalue weighted by atomic mass is 10.2. The van der Waals surface area contributed by atoms with Gasteiger partial charge < -0.3 is 20.7 Å². The van der Waals surface area contributed by atoms with E-state index in [0.717, 1.165) is 6.54 Å². The molecule has 2 amide bonds. The minimum atomic E-state index is -0.311. The Hall–Kier alpha value is -1.01. The second-order valence-electron chi connectivity index (χ2n) is 4.30. The van der Waals surface area contributed by atoms with E-state index in [0.29, 0.717) is 22.3 Å². The van der Waals surface area contributed by atoms with Gasteiger partial charge in [0.2, 0.25) is 0 Å². The first-order valence-corrected chi connectivity index (χ1v) is 6.61. The minimum Gasteiger partial charge on any atom is -0.378 e. The monoisotopic (exact) mass is 303 g/mol. The summed E-state index contributed by atoms with van der Waals surface area (Å²) in [5.41, 5.74) is 0.551. The SMILES string of the molecule is CO[C@H]1CNCC1NC(=O)Nc1cc(Cl)cc(Cl)c1. The lowest BCUT2D eigenvalue weighted by molar-refractivity contribution is 0.0991. The second kappa shape index (κ2) is 6.43. The van der Waals surface area contributed by atoms with Gasteiger partial charge in [-0.3, -0.25) is 0 Å². The third-order valence-electron chi connectivity index (χ3n) is 2.90. The number of rotatable bonds is 3.